The molecule has 1 saturated carbocycles. The number of hydrogen-bond donors (Lipinski definition) is 5. The summed E-state index contributed by atoms with van der Waals surface area (Å²) in [5, 5.41) is 19.5. The molecule has 0 radical (unpaired) electrons. The van der Waals surface area contributed by atoms with E-state index in [1.165, 1.54) is 140 Å². The van der Waals surface area contributed by atoms with Gasteiger partial charge in [0.25, 0.3) is 0 Å². The van der Waals surface area contributed by atoms with E-state index in [9.17, 15) is 4.79 Å². The topological polar surface area (TPSA) is 123 Å². The van der Waals surface area contributed by atoms with Crippen molar-refractivity contribution >= 4 is 5.97 Å². The van der Waals surface area contributed by atoms with Gasteiger partial charge in [0, 0.05) is 45.9 Å². The molecule has 14 heteroatoms. The zero-order chi connectivity index (χ0) is 67.2. The molecule has 0 spiro atoms. The van der Waals surface area contributed by atoms with E-state index in [4.69, 9.17) is 14.6 Å². The zero-order valence-electron chi connectivity index (χ0n) is 62.7. The van der Waals surface area contributed by atoms with E-state index in [1.807, 2.05) is 21.1 Å². The van der Waals surface area contributed by atoms with E-state index >= 15 is 0 Å². The SMILES string of the molecule is C=C(C)CCC.CCC(C)C.CCCC(C)(C)C.CCN(C)CC.CN1CCC(C(C)(C)C)CC1.CN1CCC(c2ccccc2)CC1.CN1CCCCC1.CN1CCOCC1.CNC1CC1.CNCC(=O)O.CNCCN(C)C.CNCCOC. The molecule has 86 heavy (non-hydrogen) atoms. The minimum absolute atomic E-state index is 0.0417. The van der Waals surface area contributed by atoms with Gasteiger partial charge < -0.3 is 65.2 Å². The Morgan fingerprint density at radius 2 is 1.14 bits per heavy atom. The van der Waals surface area contributed by atoms with Crippen LogP contribution in [0.3, 0.4) is 0 Å². The Morgan fingerprint density at radius 1 is 0.686 bits per heavy atom. The van der Waals surface area contributed by atoms with Crippen LogP contribution >= 0.6 is 0 Å². The second kappa shape index (κ2) is 67.3. The molecule has 1 aliphatic carbocycles. The maximum Gasteiger partial charge on any atom is 0.317 e. The molecule has 4 aliphatic heterocycles. The fourth-order valence-corrected chi connectivity index (χ4v) is 8.11. The normalized spacial score (nSPS) is 16.5. The van der Waals surface area contributed by atoms with Crippen molar-refractivity contribution in [1.29, 1.82) is 0 Å². The molecular weight excluding hydrogens is 1070 g/mol. The monoisotopic (exact) mass is 1230 g/mol. The van der Waals surface area contributed by atoms with Crippen molar-refractivity contribution in [2.24, 2.45) is 22.7 Å². The number of aliphatic carboxylic acids is 1. The van der Waals surface area contributed by atoms with Crippen molar-refractivity contribution in [2.75, 3.05) is 196 Å². The number of methoxy groups -OCH3 is 1. The predicted molar refractivity (Wildman–Crippen MR) is 385 cm³/mol. The number of piperidine rings is 3. The van der Waals surface area contributed by atoms with Gasteiger partial charge in [-0.1, -0.05) is 152 Å². The number of benzene rings is 1. The lowest BCUT2D eigenvalue weighted by Gasteiger charge is -2.37. The van der Waals surface area contributed by atoms with Crippen LogP contribution in [-0.2, 0) is 14.3 Å². The van der Waals surface area contributed by atoms with Crippen molar-refractivity contribution in [3.05, 3.63) is 48.0 Å². The highest BCUT2D eigenvalue weighted by atomic mass is 16.5. The highest BCUT2D eigenvalue weighted by Crippen LogP contribution is 2.33. The summed E-state index contributed by atoms with van der Waals surface area (Å²) >= 11 is 0. The molecule has 0 bridgehead atoms. The lowest BCUT2D eigenvalue weighted by atomic mass is 9.75. The van der Waals surface area contributed by atoms with Crippen LogP contribution in [0.15, 0.2) is 42.5 Å². The summed E-state index contributed by atoms with van der Waals surface area (Å²) in [5.74, 6) is 1.81. The Labute approximate surface area is 539 Å². The Morgan fingerprint density at radius 3 is 1.34 bits per heavy atom. The molecule has 5 N–H and O–H groups in total. The number of carboxylic acids is 1. The molecule has 14 nitrogen and oxygen atoms in total. The number of allylic oxidation sites excluding steroid dienone is 1. The van der Waals surface area contributed by atoms with E-state index in [2.05, 4.69) is 234 Å². The number of morpholine rings is 1. The smallest absolute Gasteiger partial charge is 0.317 e. The Balaban J connectivity index is -0.000000206. The fourth-order valence-electron chi connectivity index (χ4n) is 8.11. The van der Waals surface area contributed by atoms with Crippen LogP contribution in [0.1, 0.15) is 198 Å². The molecule has 0 aromatic heterocycles. The minimum atomic E-state index is -0.822. The van der Waals surface area contributed by atoms with Crippen LogP contribution in [0.2, 0.25) is 0 Å². The number of carbonyl (C=O) groups is 1. The van der Waals surface area contributed by atoms with Gasteiger partial charge in [0.15, 0.2) is 0 Å². The van der Waals surface area contributed by atoms with Crippen LogP contribution in [0.4, 0.5) is 0 Å². The maximum atomic E-state index is 9.54. The summed E-state index contributed by atoms with van der Waals surface area (Å²) in [6, 6.07) is 11.8. The molecule has 0 atom stereocenters. The van der Waals surface area contributed by atoms with E-state index in [1.54, 1.807) is 14.2 Å². The number of nitrogens with one attached hydrogen (secondary N) is 4. The number of likely N-dealkylation sites (N-methyl/N-ethyl adjacent to an activating group) is 5. The molecule has 1 aromatic carbocycles. The number of ether oxygens (including phenoxy) is 2. The highest BCUT2D eigenvalue weighted by molar-refractivity contribution is 5.68. The van der Waals surface area contributed by atoms with E-state index in [0.717, 1.165) is 89.4 Å². The lowest BCUT2D eigenvalue weighted by molar-refractivity contribution is -0.135. The van der Waals surface area contributed by atoms with E-state index in [0.29, 0.717) is 10.8 Å². The highest BCUT2D eigenvalue weighted by Gasteiger charge is 2.27. The van der Waals surface area contributed by atoms with Crippen LogP contribution in [-0.4, -0.2) is 243 Å². The summed E-state index contributed by atoms with van der Waals surface area (Å²) in [6.45, 7) is 53.1. The minimum Gasteiger partial charge on any atom is -0.480 e. The third kappa shape index (κ3) is 84.0. The quantitative estimate of drug-likeness (QED) is 0.0797. The molecule has 5 fully saturated rings. The van der Waals surface area contributed by atoms with Crippen LogP contribution < -0.4 is 21.3 Å². The predicted octanol–water partition coefficient (Wildman–Crippen LogP) is 13.4. The molecule has 518 valence electrons. The largest absolute Gasteiger partial charge is 0.480 e. The van der Waals surface area contributed by atoms with E-state index < -0.39 is 5.97 Å². The Kier molecular flexibility index (Phi) is 74.4. The Bertz CT molecular complexity index is 1420. The average molecular weight is 1230 g/mol. The van der Waals surface area contributed by atoms with Gasteiger partial charge >= 0.3 is 5.97 Å². The molecule has 1 aromatic rings. The van der Waals surface area contributed by atoms with Gasteiger partial charge in [-0.05, 0) is 235 Å². The first-order valence-corrected chi connectivity index (χ1v) is 34.1. The van der Waals surface area contributed by atoms with Crippen molar-refractivity contribution < 1.29 is 19.4 Å². The number of rotatable bonds is 16. The van der Waals surface area contributed by atoms with Gasteiger partial charge in [0.2, 0.25) is 0 Å². The molecule has 4 saturated heterocycles. The Hall–Kier alpha value is -2.05. The molecule has 0 unspecified atom stereocenters. The summed E-state index contributed by atoms with van der Waals surface area (Å²) in [7, 11) is 24.1. The van der Waals surface area contributed by atoms with Crippen molar-refractivity contribution in [2.45, 2.75) is 199 Å². The van der Waals surface area contributed by atoms with Crippen molar-refractivity contribution in [1.82, 2.24) is 50.7 Å². The molecular formula is C72H156N10O4. The number of likely N-dealkylation sites (tertiary alicyclic amines) is 3. The zero-order valence-corrected chi connectivity index (χ0v) is 62.7. The number of nitrogens with zero attached hydrogens (tertiary/aromatic N) is 6. The van der Waals surface area contributed by atoms with Gasteiger partial charge in [-0.2, -0.15) is 0 Å². The van der Waals surface area contributed by atoms with Gasteiger partial charge in [-0.15, -0.1) is 6.58 Å². The summed E-state index contributed by atoms with van der Waals surface area (Å²) < 4.78 is 9.82. The second-order valence-electron chi connectivity index (χ2n) is 27.0. The summed E-state index contributed by atoms with van der Waals surface area (Å²) in [6.07, 6.45) is 18.9. The first-order valence-electron chi connectivity index (χ1n) is 34.1. The number of hydrogen-bond acceptors (Lipinski definition) is 13. The third-order valence-electron chi connectivity index (χ3n) is 15.0. The lowest BCUT2D eigenvalue weighted by Crippen LogP contribution is -2.35. The van der Waals surface area contributed by atoms with Crippen molar-refractivity contribution in [3.8, 4) is 0 Å². The van der Waals surface area contributed by atoms with Crippen LogP contribution in [0, 0.1) is 22.7 Å². The van der Waals surface area contributed by atoms with Crippen molar-refractivity contribution in [3.63, 3.8) is 0 Å². The summed E-state index contributed by atoms with van der Waals surface area (Å²) in [5.41, 5.74) is 3.89. The molecule has 5 aliphatic rings. The maximum absolute atomic E-state index is 9.54. The van der Waals surface area contributed by atoms with Gasteiger partial charge in [0.1, 0.15) is 0 Å². The fraction of sp³-hybridized carbons (Fsp3) is 0.875. The van der Waals surface area contributed by atoms with Gasteiger partial charge in [-0.25, -0.2) is 0 Å². The third-order valence-corrected chi connectivity index (χ3v) is 15.0. The average Bonchev–Trinajstić information content (AvgIpc) is 4.35. The van der Waals surface area contributed by atoms with Crippen LogP contribution in [0.25, 0.3) is 0 Å². The van der Waals surface area contributed by atoms with E-state index in [-0.39, 0.29) is 6.54 Å². The second-order valence-corrected chi connectivity index (χ2v) is 27.0. The first-order chi connectivity index (χ1) is 40.4. The number of carboxylic acid groups (broad SMARTS) is 1. The standard InChI is InChI=1S/C12H17N.C10H21N.C7H16.C6H13N.C6H12.C5H14N2.C5H11NO.C5H13N.C5H12.C4H11NO.C4H9N.C3H7NO2/c1-13-9-7-12(8-10-13)11-5-3-2-4-6-11;1-10(2,3)9-5-7-11(4)8-6-9;1-5-6-7(2,3)4;1-7-5-3-2-4-6-7;1-4-5-6(2)3;1-6-4-5-7(2)3;1-6-2-4-7-5-3-6;1-4-6(3)5-2;1-4-5(2)3;1-5-3-4-6-2;1-5-4-2-3-4;1-4-2-3(5)6/h2-6,12H,7-10H2,1H3;9H,5-8H2,1-4H3;5-6H2,1-4H3;2-6H2,1H3;2,4-5H2,1,3H3;6H,4-5H2,1-3H3;2-5H2,1H3;4-5H2,1-3H3;5H,4H2,1-3H3;5H,3-4H2,1-2H3;4-5H,2-3H2,1H3;4H,2H2,1H3,(H,5,6). The molecule has 0 amide bonds. The molecule has 6 rings (SSSR count). The molecule has 4 heterocycles. The first kappa shape index (κ1) is 95.1. The van der Waals surface area contributed by atoms with Crippen LogP contribution in [0.5, 0.6) is 0 Å². The summed E-state index contributed by atoms with van der Waals surface area (Å²) in [4.78, 5) is 23.4. The van der Waals surface area contributed by atoms with Gasteiger partial charge in [-0.3, -0.25) is 4.79 Å². The van der Waals surface area contributed by atoms with Gasteiger partial charge in [0.05, 0.1) is 26.4 Å².